The Hall–Kier alpha value is -0.830. The fourth-order valence-corrected chi connectivity index (χ4v) is 1.88. The molecule has 14 heavy (non-hydrogen) atoms. The number of nitrogens with one attached hydrogen (secondary N) is 2. The number of hydrogen-bond donors (Lipinski definition) is 2. The fraction of sp³-hybridized carbons (Fsp3) is 0.727. The first-order chi connectivity index (χ1) is 6.65. The van der Waals surface area contributed by atoms with Crippen LogP contribution in [-0.4, -0.2) is 24.5 Å². The van der Waals surface area contributed by atoms with Crippen molar-refractivity contribution in [1.29, 1.82) is 0 Å². The van der Waals surface area contributed by atoms with Crippen LogP contribution >= 0.6 is 0 Å². The molecule has 0 aromatic carbocycles. The molecule has 0 saturated carbocycles. The molecule has 1 rings (SSSR count). The summed E-state index contributed by atoms with van der Waals surface area (Å²) in [5.41, 5.74) is 0. The highest BCUT2D eigenvalue weighted by atomic mass is 16.2. The molecule has 0 aromatic heterocycles. The lowest BCUT2D eigenvalue weighted by molar-refractivity contribution is -0.125. The maximum absolute atomic E-state index is 11.8. The molecule has 0 aromatic rings. The average molecular weight is 196 g/mol. The Labute approximate surface area is 86.0 Å². The van der Waals surface area contributed by atoms with Crippen LogP contribution in [0.5, 0.6) is 0 Å². The highest BCUT2D eigenvalue weighted by Gasteiger charge is 2.29. The predicted molar refractivity (Wildman–Crippen MR) is 58.0 cm³/mol. The Bertz CT molecular complexity index is 215. The zero-order valence-electron chi connectivity index (χ0n) is 9.05. The second-order valence-corrected chi connectivity index (χ2v) is 4.07. The van der Waals surface area contributed by atoms with E-state index in [0.29, 0.717) is 6.04 Å². The first-order valence-corrected chi connectivity index (χ1v) is 5.29. The van der Waals surface area contributed by atoms with Gasteiger partial charge in [0.2, 0.25) is 5.91 Å². The van der Waals surface area contributed by atoms with Gasteiger partial charge in [-0.2, -0.15) is 0 Å². The Balaban J connectivity index is 2.37. The first kappa shape index (κ1) is 11.2. The summed E-state index contributed by atoms with van der Waals surface area (Å²) in [6.07, 6.45) is 3.62. The zero-order valence-corrected chi connectivity index (χ0v) is 9.05. The van der Waals surface area contributed by atoms with E-state index in [1.807, 2.05) is 13.0 Å². The van der Waals surface area contributed by atoms with Crippen LogP contribution in [0.4, 0.5) is 0 Å². The van der Waals surface area contributed by atoms with Crippen LogP contribution in [0.1, 0.15) is 26.7 Å². The van der Waals surface area contributed by atoms with E-state index in [4.69, 9.17) is 0 Å². The van der Waals surface area contributed by atoms with Crippen LogP contribution in [0.15, 0.2) is 12.7 Å². The molecule has 0 aliphatic carbocycles. The molecule has 1 saturated heterocycles. The molecule has 0 bridgehead atoms. The average Bonchev–Trinajstić information content (AvgIpc) is 2.51. The molecule has 0 radical (unpaired) electrons. The SMILES string of the molecule is C=CCC(C)NC(=O)C1CCNC1C. The van der Waals surface area contributed by atoms with E-state index in [1.165, 1.54) is 0 Å². The topological polar surface area (TPSA) is 41.1 Å². The van der Waals surface area contributed by atoms with Crippen molar-refractivity contribution in [2.45, 2.75) is 38.8 Å². The molecule has 1 heterocycles. The molecule has 3 unspecified atom stereocenters. The Morgan fingerprint density at radius 3 is 3.00 bits per heavy atom. The molecular weight excluding hydrogens is 176 g/mol. The van der Waals surface area contributed by atoms with Crippen molar-refractivity contribution >= 4 is 5.91 Å². The maximum Gasteiger partial charge on any atom is 0.224 e. The van der Waals surface area contributed by atoms with Gasteiger partial charge in [0.1, 0.15) is 0 Å². The summed E-state index contributed by atoms with van der Waals surface area (Å²) < 4.78 is 0. The molecule has 1 aliphatic rings. The van der Waals surface area contributed by atoms with E-state index in [1.54, 1.807) is 0 Å². The normalized spacial score (nSPS) is 28.4. The van der Waals surface area contributed by atoms with E-state index >= 15 is 0 Å². The van der Waals surface area contributed by atoms with Crippen molar-refractivity contribution in [3.8, 4) is 0 Å². The monoisotopic (exact) mass is 196 g/mol. The van der Waals surface area contributed by atoms with Gasteiger partial charge >= 0.3 is 0 Å². The maximum atomic E-state index is 11.8. The summed E-state index contributed by atoms with van der Waals surface area (Å²) in [4.78, 5) is 11.8. The molecule has 80 valence electrons. The minimum atomic E-state index is 0.141. The van der Waals surface area contributed by atoms with Crippen molar-refractivity contribution in [2.24, 2.45) is 5.92 Å². The van der Waals surface area contributed by atoms with E-state index < -0.39 is 0 Å². The number of carbonyl (C=O) groups excluding carboxylic acids is 1. The summed E-state index contributed by atoms with van der Waals surface area (Å²) in [7, 11) is 0. The van der Waals surface area contributed by atoms with Gasteiger partial charge in [0, 0.05) is 12.1 Å². The third-order valence-electron chi connectivity index (χ3n) is 2.77. The third-order valence-corrected chi connectivity index (χ3v) is 2.77. The van der Waals surface area contributed by atoms with Crippen molar-refractivity contribution in [2.75, 3.05) is 6.54 Å². The van der Waals surface area contributed by atoms with Gasteiger partial charge in [-0.1, -0.05) is 6.08 Å². The summed E-state index contributed by atoms with van der Waals surface area (Å²) in [6, 6.07) is 0.513. The largest absolute Gasteiger partial charge is 0.353 e. The van der Waals surface area contributed by atoms with Gasteiger partial charge in [-0.3, -0.25) is 4.79 Å². The molecule has 3 atom stereocenters. The molecule has 1 amide bonds. The zero-order chi connectivity index (χ0) is 10.6. The Morgan fingerprint density at radius 2 is 2.50 bits per heavy atom. The van der Waals surface area contributed by atoms with Crippen molar-refractivity contribution in [3.63, 3.8) is 0 Å². The third kappa shape index (κ3) is 2.84. The van der Waals surface area contributed by atoms with Gasteiger partial charge in [0.15, 0.2) is 0 Å². The summed E-state index contributed by atoms with van der Waals surface area (Å²) >= 11 is 0. The Kier molecular flexibility index (Phi) is 4.14. The molecular formula is C11H20N2O. The second kappa shape index (κ2) is 5.15. The van der Waals surface area contributed by atoms with Crippen LogP contribution in [0.2, 0.25) is 0 Å². The smallest absolute Gasteiger partial charge is 0.224 e. The summed E-state index contributed by atoms with van der Waals surface area (Å²) in [6.45, 7) is 8.68. The number of hydrogen-bond acceptors (Lipinski definition) is 2. The molecule has 1 aliphatic heterocycles. The fourth-order valence-electron chi connectivity index (χ4n) is 1.88. The van der Waals surface area contributed by atoms with Crippen molar-refractivity contribution in [3.05, 3.63) is 12.7 Å². The minimum absolute atomic E-state index is 0.141. The van der Waals surface area contributed by atoms with Crippen LogP contribution in [0, 0.1) is 5.92 Å². The summed E-state index contributed by atoms with van der Waals surface area (Å²) in [5, 5.41) is 6.28. The second-order valence-electron chi connectivity index (χ2n) is 4.07. The molecule has 2 N–H and O–H groups in total. The number of amides is 1. The van der Waals surface area contributed by atoms with Gasteiger partial charge in [-0.25, -0.2) is 0 Å². The molecule has 3 nitrogen and oxygen atoms in total. The van der Waals surface area contributed by atoms with Gasteiger partial charge < -0.3 is 10.6 Å². The lowest BCUT2D eigenvalue weighted by atomic mass is 10.0. The molecule has 0 spiro atoms. The quantitative estimate of drug-likeness (QED) is 0.660. The predicted octanol–water partition coefficient (Wildman–Crippen LogP) is 1.07. The standard InChI is InChI=1S/C11H20N2O/c1-4-5-8(2)13-11(14)10-6-7-12-9(10)3/h4,8-10,12H,1,5-7H2,2-3H3,(H,13,14). The van der Waals surface area contributed by atoms with Gasteiger partial charge in [0.25, 0.3) is 0 Å². The lowest BCUT2D eigenvalue weighted by Crippen LogP contribution is -2.40. The molecule has 1 fully saturated rings. The van der Waals surface area contributed by atoms with E-state index in [0.717, 1.165) is 19.4 Å². The minimum Gasteiger partial charge on any atom is -0.353 e. The highest BCUT2D eigenvalue weighted by Crippen LogP contribution is 2.15. The van der Waals surface area contributed by atoms with E-state index in [2.05, 4.69) is 24.1 Å². The Morgan fingerprint density at radius 1 is 1.79 bits per heavy atom. The van der Waals surface area contributed by atoms with Crippen LogP contribution in [0.3, 0.4) is 0 Å². The number of rotatable bonds is 4. The summed E-state index contributed by atoms with van der Waals surface area (Å²) in [5.74, 6) is 0.319. The van der Waals surface area contributed by atoms with Crippen molar-refractivity contribution < 1.29 is 4.79 Å². The van der Waals surface area contributed by atoms with E-state index in [-0.39, 0.29) is 17.9 Å². The lowest BCUT2D eigenvalue weighted by Gasteiger charge is -2.18. The van der Waals surface area contributed by atoms with Crippen LogP contribution in [0.25, 0.3) is 0 Å². The van der Waals surface area contributed by atoms with Gasteiger partial charge in [-0.05, 0) is 33.2 Å². The molecule has 3 heteroatoms. The highest BCUT2D eigenvalue weighted by molar-refractivity contribution is 5.80. The van der Waals surface area contributed by atoms with Crippen molar-refractivity contribution in [1.82, 2.24) is 10.6 Å². The van der Waals surface area contributed by atoms with E-state index in [9.17, 15) is 4.79 Å². The van der Waals surface area contributed by atoms with Crippen LogP contribution in [-0.2, 0) is 4.79 Å². The van der Waals surface area contributed by atoms with Crippen LogP contribution < -0.4 is 10.6 Å². The van der Waals surface area contributed by atoms with Gasteiger partial charge in [0.05, 0.1) is 5.92 Å². The first-order valence-electron chi connectivity index (χ1n) is 5.29. The number of carbonyl (C=O) groups is 1. The van der Waals surface area contributed by atoms with Gasteiger partial charge in [-0.15, -0.1) is 6.58 Å².